The van der Waals surface area contributed by atoms with E-state index in [1.54, 1.807) is 20.8 Å². The highest BCUT2D eigenvalue weighted by Gasteiger charge is 2.66. The number of nitrogens with two attached hydrogens (primary N) is 2. The largest absolute Gasteiger partial charge is 0.508 e. The second-order valence-corrected chi connectivity index (χ2v) is 20.2. The predicted molar refractivity (Wildman–Crippen MR) is 269 cm³/mol. The number of amides is 3. The van der Waals surface area contributed by atoms with E-state index in [0.29, 0.717) is 12.0 Å². The lowest BCUT2D eigenvalue weighted by atomic mass is 9.54. The fraction of sp³-hybridized carbons (Fsp3) is 0.396. The first kappa shape index (κ1) is 55.9. The van der Waals surface area contributed by atoms with Crippen LogP contribution in [0.2, 0.25) is 0 Å². The Labute approximate surface area is 433 Å². The molecule has 2 heterocycles. The van der Waals surface area contributed by atoms with Gasteiger partial charge in [0.2, 0.25) is 12.1 Å². The number of likely N-dealkylation sites (N-methyl/N-ethyl adjacent to an activating group) is 1. The standard InChI is InChI=1S/C31H36N2O11.C22H24N2O8/c1-14(2)7-8-16-13-17(9-11-19(16)34)27(37)33-21-22(35)18-10-12-20(15(3)24(18)42-28(21)38)41-29-23(36)25(43-30(32)39)26(40-6)31(4,5)44-29;1-21(31)8-5-4-6-11(25)12(8)16(26)13-9(21)7-10-15(24(2)3)17(27)14(20(23)30)19(29)22(10,32)18(13)28/h7,9-13,23,25-26,29,34-36H,8H2,1-6H3,(H2,32,39)(H,33,37);4-6,9-10,15,25-26,29,31-32H,7H2,1-3H3,(H2,23,30)/t23-,25+,26-,29-;/m1./s1. The van der Waals surface area contributed by atoms with Crippen LogP contribution in [0.5, 0.6) is 23.0 Å². The van der Waals surface area contributed by atoms with E-state index >= 15 is 0 Å². The van der Waals surface area contributed by atoms with Crippen molar-refractivity contribution in [1.29, 1.82) is 0 Å². The Balaban J connectivity index is 0.000000232. The number of hydrogen-bond donors (Lipinski definition) is 11. The number of hydrogen-bond acceptors (Lipinski definition) is 20. The molecule has 8 rings (SSSR count). The molecule has 0 spiro atoms. The Kier molecular flexibility index (Phi) is 15.0. The summed E-state index contributed by atoms with van der Waals surface area (Å²) in [6.07, 6.45) is -4.01. The molecule has 1 saturated heterocycles. The number of Topliss-reactive ketones (excluding diaryl/α,β-unsaturated/α-hetero) is 2. The van der Waals surface area contributed by atoms with Crippen LogP contribution in [-0.2, 0) is 40.6 Å². The third-order valence-electron chi connectivity index (χ3n) is 14.3. The zero-order valence-corrected chi connectivity index (χ0v) is 42.8. The zero-order chi connectivity index (χ0) is 56.4. The summed E-state index contributed by atoms with van der Waals surface area (Å²) in [5, 5.41) is 89.5. The number of benzene rings is 3. The molecule has 13 N–H and O–H groups in total. The lowest BCUT2D eigenvalue weighted by Crippen LogP contribution is -2.67. The van der Waals surface area contributed by atoms with Crippen molar-refractivity contribution >= 4 is 51.9 Å². The summed E-state index contributed by atoms with van der Waals surface area (Å²) in [5.41, 5.74) is 3.99. The van der Waals surface area contributed by atoms with Crippen LogP contribution in [0.1, 0.15) is 73.7 Å². The fourth-order valence-electron chi connectivity index (χ4n) is 10.6. The van der Waals surface area contributed by atoms with Crippen molar-refractivity contribution in [3.05, 3.63) is 115 Å². The maximum Gasteiger partial charge on any atom is 0.404 e. The Morgan fingerprint density at radius 2 is 1.62 bits per heavy atom. The highest BCUT2D eigenvalue weighted by molar-refractivity contribution is 6.24. The van der Waals surface area contributed by atoms with Gasteiger partial charge < -0.3 is 81.0 Å². The maximum atomic E-state index is 13.7. The van der Waals surface area contributed by atoms with Gasteiger partial charge >= 0.3 is 11.7 Å². The summed E-state index contributed by atoms with van der Waals surface area (Å²) >= 11 is 0. The molecule has 9 atom stereocenters. The van der Waals surface area contributed by atoms with E-state index < -0.39 is 134 Å². The molecule has 4 aromatic rings. The number of ketones is 2. The number of aliphatic hydroxyl groups is 5. The molecule has 23 heteroatoms. The molecule has 3 amide bonds. The number of phenols is 2. The summed E-state index contributed by atoms with van der Waals surface area (Å²) in [7, 11) is 4.38. The highest BCUT2D eigenvalue weighted by Crippen LogP contribution is 2.57. The van der Waals surface area contributed by atoms with Gasteiger partial charge in [0.05, 0.1) is 28.2 Å². The van der Waals surface area contributed by atoms with Crippen LogP contribution in [-0.4, -0.2) is 138 Å². The van der Waals surface area contributed by atoms with E-state index in [0.717, 1.165) is 5.57 Å². The van der Waals surface area contributed by atoms with E-state index in [9.17, 15) is 69.6 Å². The molecule has 1 aromatic heterocycles. The van der Waals surface area contributed by atoms with Crippen LogP contribution in [0, 0.1) is 18.8 Å². The molecule has 406 valence electrons. The topological polar surface area (TPSA) is 382 Å². The number of carbonyl (C=O) groups is 5. The summed E-state index contributed by atoms with van der Waals surface area (Å²) in [4.78, 5) is 77.5. The quantitative estimate of drug-likeness (QED) is 0.0617. The molecule has 1 aliphatic heterocycles. The van der Waals surface area contributed by atoms with Crippen molar-refractivity contribution in [2.75, 3.05) is 26.5 Å². The smallest absolute Gasteiger partial charge is 0.404 e. The lowest BCUT2D eigenvalue weighted by molar-refractivity contribution is -0.304. The second-order valence-electron chi connectivity index (χ2n) is 20.2. The number of aromatic hydroxyl groups is 3. The first-order valence-electron chi connectivity index (χ1n) is 23.7. The number of aryl methyl sites for hydroxylation is 1. The van der Waals surface area contributed by atoms with E-state index in [4.69, 9.17) is 34.8 Å². The molecule has 1 saturated carbocycles. The van der Waals surface area contributed by atoms with Gasteiger partial charge in [0.1, 0.15) is 46.0 Å². The van der Waals surface area contributed by atoms with Crippen molar-refractivity contribution in [2.24, 2.45) is 23.3 Å². The Bertz CT molecular complexity index is 3240. The van der Waals surface area contributed by atoms with Gasteiger partial charge in [0.25, 0.3) is 11.8 Å². The maximum absolute atomic E-state index is 13.7. The van der Waals surface area contributed by atoms with Crippen LogP contribution in [0.3, 0.4) is 0 Å². The molecule has 4 aliphatic rings. The Morgan fingerprint density at radius 1 is 0.947 bits per heavy atom. The first-order chi connectivity index (χ1) is 35.4. The predicted octanol–water partition coefficient (Wildman–Crippen LogP) is 3.26. The monoisotopic (exact) mass is 1060 g/mol. The molecular weight excluding hydrogens is 997 g/mol. The van der Waals surface area contributed by atoms with Gasteiger partial charge in [-0.1, -0.05) is 23.8 Å². The number of aliphatic hydroxyl groups excluding tert-OH is 3. The Morgan fingerprint density at radius 3 is 2.22 bits per heavy atom. The van der Waals surface area contributed by atoms with E-state index in [-0.39, 0.29) is 51.1 Å². The number of anilines is 1. The van der Waals surface area contributed by atoms with Crippen LogP contribution in [0.4, 0.5) is 10.5 Å². The van der Waals surface area contributed by atoms with Gasteiger partial charge in [0.15, 0.2) is 35.0 Å². The van der Waals surface area contributed by atoms with Gasteiger partial charge in [-0.05, 0) is 116 Å². The van der Waals surface area contributed by atoms with Crippen molar-refractivity contribution in [1.82, 2.24) is 4.90 Å². The third kappa shape index (κ3) is 9.49. The summed E-state index contributed by atoms with van der Waals surface area (Å²) in [5.74, 6) is -8.99. The number of primary amides is 2. The summed E-state index contributed by atoms with van der Waals surface area (Å²) in [6.45, 7) is 10.1. The summed E-state index contributed by atoms with van der Waals surface area (Å²) < 4.78 is 27.9. The van der Waals surface area contributed by atoms with Gasteiger partial charge in [0, 0.05) is 35.6 Å². The molecule has 2 fully saturated rings. The van der Waals surface area contributed by atoms with Crippen LogP contribution in [0.25, 0.3) is 16.7 Å². The molecular formula is C53H60N4O19. The third-order valence-corrected chi connectivity index (χ3v) is 14.3. The van der Waals surface area contributed by atoms with Gasteiger partial charge in [-0.25, -0.2) is 9.59 Å². The SMILES string of the molecule is CN(C)C1C(=O)C(C(N)=O)=C(O)C2(O)C(=O)C3=C(O)c4c(O)cccc4C(C)(O)C3CC12.CO[C@@H]1[C@@H](OC(N)=O)[C@@H](O)[C@H](Oc2ccc3c(O)c(NC(=O)c4ccc(O)c(CC=C(C)C)c4)c(=O)oc3c2C)OC1(C)C. The molecule has 3 aliphatic carbocycles. The number of rotatable bonds is 10. The molecule has 23 nitrogen and oxygen atoms in total. The lowest BCUT2D eigenvalue weighted by Gasteiger charge is -2.53. The average Bonchev–Trinajstić information content (AvgIpc) is 3.43. The number of nitrogens with one attached hydrogen (secondary N) is 1. The average molecular weight is 1060 g/mol. The van der Waals surface area contributed by atoms with Crippen molar-refractivity contribution in [3.8, 4) is 23.0 Å². The number of ether oxygens (including phenoxy) is 4. The fourth-order valence-corrected chi connectivity index (χ4v) is 10.6. The van der Waals surface area contributed by atoms with Crippen molar-refractivity contribution in [2.45, 2.75) is 102 Å². The minimum atomic E-state index is -2.75. The normalized spacial score (nSPS) is 26.6. The number of methoxy groups -OCH3 is 1. The van der Waals surface area contributed by atoms with Crippen molar-refractivity contribution < 1.29 is 88.2 Å². The minimum Gasteiger partial charge on any atom is -0.508 e. The number of nitrogens with zero attached hydrogens (tertiary/aromatic N) is 1. The number of phenolic OH excluding ortho intramolecular Hbond substituents is 2. The molecule has 0 bridgehead atoms. The van der Waals surface area contributed by atoms with Gasteiger partial charge in [-0.3, -0.25) is 24.1 Å². The number of carbonyl (C=O) groups excluding carboxylic acids is 5. The van der Waals surface area contributed by atoms with Gasteiger partial charge in [-0.2, -0.15) is 0 Å². The molecule has 3 aromatic carbocycles. The van der Waals surface area contributed by atoms with Crippen LogP contribution < -0.4 is 27.1 Å². The molecule has 76 heavy (non-hydrogen) atoms. The van der Waals surface area contributed by atoms with Gasteiger partial charge in [-0.15, -0.1) is 0 Å². The number of allylic oxidation sites excluding steroid dienone is 2. The highest BCUT2D eigenvalue weighted by atomic mass is 16.7. The van der Waals surface area contributed by atoms with E-state index in [1.807, 2.05) is 19.9 Å². The van der Waals surface area contributed by atoms with E-state index in [1.165, 1.54) is 81.6 Å². The number of fused-ring (bicyclic) bond motifs is 4. The van der Waals surface area contributed by atoms with E-state index in [2.05, 4.69) is 5.32 Å². The minimum absolute atomic E-state index is 0.0183. The second kappa shape index (κ2) is 20.4. The summed E-state index contributed by atoms with van der Waals surface area (Å²) in [6, 6.07) is 10.1. The van der Waals surface area contributed by atoms with Crippen molar-refractivity contribution in [3.63, 3.8) is 0 Å². The van der Waals surface area contributed by atoms with Crippen LogP contribution in [0.15, 0.2) is 86.3 Å². The van der Waals surface area contributed by atoms with Crippen LogP contribution >= 0.6 is 0 Å². The molecule has 5 unspecified atom stereocenters. The molecule has 0 radical (unpaired) electrons. The zero-order valence-electron chi connectivity index (χ0n) is 42.8. The Hall–Kier alpha value is -7.80. The first-order valence-corrected chi connectivity index (χ1v) is 23.7.